The number of carbonyl (C=O) groups is 2. The molecular weight excluding hydrogens is 342 g/mol. The lowest BCUT2D eigenvalue weighted by Crippen LogP contribution is -2.43. The van der Waals surface area contributed by atoms with Crippen LogP contribution in [0, 0.1) is 6.92 Å². The Bertz CT molecular complexity index is 788. The Kier molecular flexibility index (Phi) is 6.41. The van der Waals surface area contributed by atoms with Gasteiger partial charge in [-0.15, -0.1) is 0 Å². The second kappa shape index (κ2) is 8.37. The Labute approximate surface area is 160 Å². The molecule has 1 aromatic carbocycles. The number of rotatable bonds is 6. The SMILES string of the molecule is CC[C@@H](C)N(CC(=O)Nc1cc(C)on1)C(=O)c1ccc(C(C)(C)C)cc1. The highest BCUT2D eigenvalue weighted by atomic mass is 16.5. The van der Waals surface area contributed by atoms with Crippen molar-refractivity contribution in [1.29, 1.82) is 0 Å². The van der Waals surface area contributed by atoms with E-state index in [0.29, 0.717) is 17.1 Å². The van der Waals surface area contributed by atoms with Crippen LogP contribution in [-0.2, 0) is 10.2 Å². The topological polar surface area (TPSA) is 75.4 Å². The maximum Gasteiger partial charge on any atom is 0.254 e. The van der Waals surface area contributed by atoms with Crippen LogP contribution < -0.4 is 5.32 Å². The molecule has 1 atom stereocenters. The molecule has 0 aliphatic carbocycles. The van der Waals surface area contributed by atoms with Crippen molar-refractivity contribution in [3.8, 4) is 0 Å². The van der Waals surface area contributed by atoms with Gasteiger partial charge in [-0.2, -0.15) is 0 Å². The minimum Gasteiger partial charge on any atom is -0.360 e. The predicted octanol–water partition coefficient (Wildman–Crippen LogP) is 4.16. The van der Waals surface area contributed by atoms with Crippen LogP contribution in [0.25, 0.3) is 0 Å². The first kappa shape index (κ1) is 20.7. The quantitative estimate of drug-likeness (QED) is 0.827. The number of aromatic nitrogens is 1. The van der Waals surface area contributed by atoms with Gasteiger partial charge in [-0.25, -0.2) is 0 Å². The van der Waals surface area contributed by atoms with Gasteiger partial charge in [0.05, 0.1) is 0 Å². The van der Waals surface area contributed by atoms with Gasteiger partial charge in [-0.3, -0.25) is 9.59 Å². The van der Waals surface area contributed by atoms with E-state index in [0.717, 1.165) is 12.0 Å². The molecular formula is C21H29N3O3. The van der Waals surface area contributed by atoms with Crippen LogP contribution in [0.15, 0.2) is 34.9 Å². The molecule has 0 bridgehead atoms. The van der Waals surface area contributed by atoms with Crippen molar-refractivity contribution in [2.75, 3.05) is 11.9 Å². The van der Waals surface area contributed by atoms with Gasteiger partial charge in [0.25, 0.3) is 5.91 Å². The first-order valence-corrected chi connectivity index (χ1v) is 9.26. The summed E-state index contributed by atoms with van der Waals surface area (Å²) < 4.78 is 4.95. The average molecular weight is 371 g/mol. The van der Waals surface area contributed by atoms with Crippen LogP contribution in [0.5, 0.6) is 0 Å². The molecule has 0 unspecified atom stereocenters. The summed E-state index contributed by atoms with van der Waals surface area (Å²) in [5.74, 6) is 0.502. The first-order valence-electron chi connectivity index (χ1n) is 9.26. The van der Waals surface area contributed by atoms with Crippen molar-refractivity contribution in [3.63, 3.8) is 0 Å². The minimum atomic E-state index is -0.303. The molecule has 2 aromatic rings. The van der Waals surface area contributed by atoms with Crippen LogP contribution in [0.1, 0.15) is 62.7 Å². The van der Waals surface area contributed by atoms with Crippen molar-refractivity contribution in [3.05, 3.63) is 47.2 Å². The van der Waals surface area contributed by atoms with Gasteiger partial charge in [0.15, 0.2) is 5.82 Å². The summed E-state index contributed by atoms with van der Waals surface area (Å²) in [6.07, 6.45) is 0.752. The third kappa shape index (κ3) is 5.42. The van der Waals surface area contributed by atoms with E-state index in [4.69, 9.17) is 4.52 Å². The first-order chi connectivity index (χ1) is 12.6. The van der Waals surface area contributed by atoms with Crippen molar-refractivity contribution in [1.82, 2.24) is 10.1 Å². The Hall–Kier alpha value is -2.63. The van der Waals surface area contributed by atoms with E-state index in [2.05, 4.69) is 31.2 Å². The zero-order valence-electron chi connectivity index (χ0n) is 17.0. The summed E-state index contributed by atoms with van der Waals surface area (Å²) in [4.78, 5) is 27.0. The Balaban J connectivity index is 2.14. The second-order valence-electron chi connectivity index (χ2n) is 7.89. The lowest BCUT2D eigenvalue weighted by atomic mass is 9.86. The Morgan fingerprint density at radius 1 is 1.22 bits per heavy atom. The summed E-state index contributed by atoms with van der Waals surface area (Å²) in [5.41, 5.74) is 1.76. The van der Waals surface area contributed by atoms with Crippen molar-refractivity contribution in [2.24, 2.45) is 0 Å². The molecule has 1 N–H and O–H groups in total. The Morgan fingerprint density at radius 2 is 1.85 bits per heavy atom. The molecule has 6 heteroatoms. The molecule has 146 valence electrons. The highest BCUT2D eigenvalue weighted by Gasteiger charge is 2.24. The highest BCUT2D eigenvalue weighted by molar-refractivity contribution is 5.99. The molecule has 0 aliphatic rings. The molecule has 0 saturated heterocycles. The number of nitrogens with one attached hydrogen (secondary N) is 1. The smallest absolute Gasteiger partial charge is 0.254 e. The van der Waals surface area contributed by atoms with E-state index in [1.807, 2.05) is 38.1 Å². The largest absolute Gasteiger partial charge is 0.360 e. The maximum atomic E-state index is 13.0. The fraction of sp³-hybridized carbons (Fsp3) is 0.476. The van der Waals surface area contributed by atoms with E-state index in [-0.39, 0.29) is 29.8 Å². The molecule has 0 spiro atoms. The van der Waals surface area contributed by atoms with E-state index in [1.165, 1.54) is 0 Å². The van der Waals surface area contributed by atoms with Crippen molar-refractivity contribution in [2.45, 2.75) is 59.4 Å². The van der Waals surface area contributed by atoms with Gasteiger partial charge < -0.3 is 14.7 Å². The number of benzene rings is 1. The normalized spacial score (nSPS) is 12.5. The molecule has 1 aromatic heterocycles. The molecule has 2 amide bonds. The van der Waals surface area contributed by atoms with Gasteiger partial charge in [-0.1, -0.05) is 45.0 Å². The zero-order chi connectivity index (χ0) is 20.2. The summed E-state index contributed by atoms with van der Waals surface area (Å²) in [7, 11) is 0. The number of aryl methyl sites for hydroxylation is 1. The molecule has 0 radical (unpaired) electrons. The van der Waals surface area contributed by atoms with Gasteiger partial charge in [0.1, 0.15) is 12.3 Å². The molecule has 0 aliphatic heterocycles. The molecule has 1 heterocycles. The lowest BCUT2D eigenvalue weighted by molar-refractivity contribution is -0.117. The van der Waals surface area contributed by atoms with E-state index < -0.39 is 0 Å². The molecule has 0 fully saturated rings. The van der Waals surface area contributed by atoms with Gasteiger partial charge >= 0.3 is 0 Å². The van der Waals surface area contributed by atoms with Crippen molar-refractivity contribution >= 4 is 17.6 Å². The summed E-state index contributed by atoms with van der Waals surface area (Å²) in [6, 6.07) is 9.18. The van der Waals surface area contributed by atoms with E-state index in [1.54, 1.807) is 17.9 Å². The van der Waals surface area contributed by atoms with E-state index >= 15 is 0 Å². The number of anilines is 1. The van der Waals surface area contributed by atoms with Crippen molar-refractivity contribution < 1.29 is 14.1 Å². The number of carbonyl (C=O) groups excluding carboxylic acids is 2. The number of amides is 2. The fourth-order valence-corrected chi connectivity index (χ4v) is 2.69. The van der Waals surface area contributed by atoms with Crippen LogP contribution in [0.3, 0.4) is 0 Å². The number of nitrogens with zero attached hydrogens (tertiary/aromatic N) is 2. The maximum absolute atomic E-state index is 13.0. The second-order valence-corrected chi connectivity index (χ2v) is 7.89. The van der Waals surface area contributed by atoms with Crippen LogP contribution in [-0.4, -0.2) is 34.5 Å². The Morgan fingerprint density at radius 3 is 2.33 bits per heavy atom. The average Bonchev–Trinajstić information content (AvgIpc) is 3.02. The van der Waals surface area contributed by atoms with E-state index in [9.17, 15) is 9.59 Å². The fourth-order valence-electron chi connectivity index (χ4n) is 2.69. The predicted molar refractivity (Wildman–Crippen MR) is 106 cm³/mol. The standard InChI is InChI=1S/C21H29N3O3/c1-7-14(2)24(13-19(25)22-18-12-15(3)27-23-18)20(26)16-8-10-17(11-9-16)21(4,5)6/h8-12,14H,7,13H2,1-6H3,(H,22,23,25)/t14-/m1/s1. The zero-order valence-corrected chi connectivity index (χ0v) is 17.0. The third-order valence-electron chi connectivity index (χ3n) is 4.59. The minimum absolute atomic E-state index is 0.0214. The number of hydrogen-bond donors (Lipinski definition) is 1. The molecule has 0 saturated carbocycles. The van der Waals surface area contributed by atoms with Crippen LogP contribution in [0.4, 0.5) is 5.82 Å². The summed E-state index contributed by atoms with van der Waals surface area (Å²) in [6.45, 7) is 12.0. The lowest BCUT2D eigenvalue weighted by Gasteiger charge is -2.28. The molecule has 2 rings (SSSR count). The number of hydrogen-bond acceptors (Lipinski definition) is 4. The highest BCUT2D eigenvalue weighted by Crippen LogP contribution is 2.23. The van der Waals surface area contributed by atoms with Gasteiger partial charge in [0, 0.05) is 17.7 Å². The monoisotopic (exact) mass is 371 g/mol. The molecule has 27 heavy (non-hydrogen) atoms. The summed E-state index contributed by atoms with van der Waals surface area (Å²) in [5, 5.41) is 6.42. The summed E-state index contributed by atoms with van der Waals surface area (Å²) >= 11 is 0. The van der Waals surface area contributed by atoms with Gasteiger partial charge in [0.2, 0.25) is 5.91 Å². The van der Waals surface area contributed by atoms with Crippen LogP contribution >= 0.6 is 0 Å². The molecule has 6 nitrogen and oxygen atoms in total. The van der Waals surface area contributed by atoms with Gasteiger partial charge in [-0.05, 0) is 43.4 Å². The van der Waals surface area contributed by atoms with Crippen LogP contribution in [0.2, 0.25) is 0 Å². The third-order valence-corrected chi connectivity index (χ3v) is 4.59.